The van der Waals surface area contributed by atoms with Crippen LogP contribution in [0, 0.1) is 0 Å². The van der Waals surface area contributed by atoms with Crippen molar-refractivity contribution in [2.75, 3.05) is 6.79 Å². The molecule has 6 nitrogen and oxygen atoms in total. The van der Waals surface area contributed by atoms with E-state index < -0.39 is 11.9 Å². The van der Waals surface area contributed by atoms with Crippen molar-refractivity contribution in [3.8, 4) is 11.5 Å². The van der Waals surface area contributed by atoms with E-state index >= 15 is 0 Å². The highest BCUT2D eigenvalue weighted by atomic mass is 16.7. The van der Waals surface area contributed by atoms with E-state index in [0.717, 1.165) is 5.56 Å². The van der Waals surface area contributed by atoms with Crippen LogP contribution in [0.4, 0.5) is 0 Å². The first-order valence-electron chi connectivity index (χ1n) is 8.50. The zero-order valence-corrected chi connectivity index (χ0v) is 15.4. The smallest absolute Gasteiger partial charge is 0.352 e. The van der Waals surface area contributed by atoms with Gasteiger partial charge < -0.3 is 19.9 Å². The van der Waals surface area contributed by atoms with Gasteiger partial charge >= 0.3 is 5.97 Å². The number of carbonyl (C=O) groups excluding carboxylic acids is 1. The molecule has 0 spiro atoms. The largest absolute Gasteiger partial charge is 0.477 e. The van der Waals surface area contributed by atoms with Gasteiger partial charge in [0.25, 0.3) is 5.91 Å². The molecule has 140 valence electrons. The van der Waals surface area contributed by atoms with Gasteiger partial charge in [0.05, 0.1) is 0 Å². The number of hydrogen-bond acceptors (Lipinski definition) is 4. The third-order valence-electron chi connectivity index (χ3n) is 4.20. The minimum atomic E-state index is -1.23. The Kier molecular flexibility index (Phi) is 4.90. The Hall–Kier alpha value is -3.28. The Bertz CT molecular complexity index is 907. The molecule has 2 aromatic carbocycles. The summed E-state index contributed by atoms with van der Waals surface area (Å²) in [6.45, 7) is 6.38. The summed E-state index contributed by atoms with van der Waals surface area (Å²) in [5.74, 6) is -0.568. The number of aliphatic carboxylic acids is 1. The highest BCUT2D eigenvalue weighted by molar-refractivity contribution is 6.02. The van der Waals surface area contributed by atoms with Crippen LogP contribution in [0.2, 0.25) is 0 Å². The van der Waals surface area contributed by atoms with Crippen LogP contribution in [0.3, 0.4) is 0 Å². The van der Waals surface area contributed by atoms with Crippen molar-refractivity contribution in [1.82, 2.24) is 5.32 Å². The van der Waals surface area contributed by atoms with Gasteiger partial charge in [0, 0.05) is 5.56 Å². The molecule has 0 saturated heterocycles. The van der Waals surface area contributed by atoms with Crippen LogP contribution in [0.15, 0.2) is 48.2 Å². The van der Waals surface area contributed by atoms with E-state index in [-0.39, 0.29) is 17.9 Å². The van der Waals surface area contributed by atoms with E-state index in [4.69, 9.17) is 9.47 Å². The number of rotatable bonds is 4. The molecule has 1 heterocycles. The normalized spacial score (nSPS) is 13.4. The number of benzene rings is 2. The number of carboxylic acids is 1. The molecule has 0 radical (unpaired) electrons. The summed E-state index contributed by atoms with van der Waals surface area (Å²) in [5, 5.41) is 11.9. The zero-order valence-electron chi connectivity index (χ0n) is 15.4. The van der Waals surface area contributed by atoms with Gasteiger partial charge in [0.1, 0.15) is 5.70 Å². The lowest BCUT2D eigenvalue weighted by Gasteiger charge is -2.19. The van der Waals surface area contributed by atoms with Gasteiger partial charge in [0.15, 0.2) is 11.5 Å². The maximum atomic E-state index is 12.4. The third kappa shape index (κ3) is 4.28. The number of hydrogen-bond donors (Lipinski definition) is 2. The molecule has 0 saturated carbocycles. The first-order valence-corrected chi connectivity index (χ1v) is 8.50. The van der Waals surface area contributed by atoms with Gasteiger partial charge in [-0.3, -0.25) is 4.79 Å². The molecule has 0 atom stereocenters. The lowest BCUT2D eigenvalue weighted by atomic mass is 9.87. The second kappa shape index (κ2) is 7.15. The first-order chi connectivity index (χ1) is 12.7. The van der Waals surface area contributed by atoms with E-state index in [0.29, 0.717) is 22.6 Å². The van der Waals surface area contributed by atoms with Gasteiger partial charge in [-0.2, -0.15) is 0 Å². The average molecular weight is 367 g/mol. The summed E-state index contributed by atoms with van der Waals surface area (Å²) >= 11 is 0. The summed E-state index contributed by atoms with van der Waals surface area (Å²) in [4.78, 5) is 24.0. The summed E-state index contributed by atoms with van der Waals surface area (Å²) in [5.41, 5.74) is 1.81. The molecule has 0 aromatic heterocycles. The van der Waals surface area contributed by atoms with Crippen molar-refractivity contribution in [3.05, 3.63) is 64.9 Å². The fraction of sp³-hybridized carbons (Fsp3) is 0.238. The SMILES string of the molecule is CC(C)(C)c1ccc(C(=O)N/C(=C\c2ccc3c(c2)OCO3)C(=O)O)cc1. The standard InChI is InChI=1S/C21H21NO5/c1-21(2,3)15-7-5-14(6-8-15)19(23)22-16(20(24)25)10-13-4-9-17-18(11-13)27-12-26-17/h4-11H,12H2,1-3H3,(H,22,23)(H,24,25)/b16-10-. The highest BCUT2D eigenvalue weighted by Crippen LogP contribution is 2.33. The molecule has 0 bridgehead atoms. The minimum absolute atomic E-state index is 0.0273. The van der Waals surface area contributed by atoms with E-state index in [1.54, 1.807) is 30.3 Å². The van der Waals surface area contributed by atoms with Crippen LogP contribution in [-0.2, 0) is 10.2 Å². The molecular formula is C21H21NO5. The lowest BCUT2D eigenvalue weighted by molar-refractivity contribution is -0.132. The fourth-order valence-corrected chi connectivity index (χ4v) is 2.64. The maximum Gasteiger partial charge on any atom is 0.352 e. The number of nitrogens with one attached hydrogen (secondary N) is 1. The quantitative estimate of drug-likeness (QED) is 0.807. The molecule has 2 aromatic rings. The van der Waals surface area contributed by atoms with Crippen LogP contribution in [-0.4, -0.2) is 23.8 Å². The molecule has 1 aliphatic heterocycles. The van der Waals surface area contributed by atoms with Crippen LogP contribution >= 0.6 is 0 Å². The summed E-state index contributed by atoms with van der Waals surface area (Å²) in [6.07, 6.45) is 1.38. The highest BCUT2D eigenvalue weighted by Gasteiger charge is 2.17. The molecular weight excluding hydrogens is 346 g/mol. The third-order valence-corrected chi connectivity index (χ3v) is 4.20. The topological polar surface area (TPSA) is 84.9 Å². The van der Waals surface area contributed by atoms with Crippen LogP contribution in [0.5, 0.6) is 11.5 Å². The van der Waals surface area contributed by atoms with Crippen LogP contribution in [0.25, 0.3) is 6.08 Å². The fourth-order valence-electron chi connectivity index (χ4n) is 2.64. The molecule has 6 heteroatoms. The van der Waals surface area contributed by atoms with Crippen molar-refractivity contribution < 1.29 is 24.2 Å². The van der Waals surface area contributed by atoms with Crippen molar-refractivity contribution >= 4 is 18.0 Å². The Morgan fingerprint density at radius 3 is 2.33 bits per heavy atom. The van der Waals surface area contributed by atoms with Crippen LogP contribution < -0.4 is 14.8 Å². The zero-order chi connectivity index (χ0) is 19.6. The monoisotopic (exact) mass is 367 g/mol. The first kappa shape index (κ1) is 18.5. The Balaban J connectivity index is 1.80. The molecule has 1 amide bonds. The van der Waals surface area contributed by atoms with E-state index in [1.165, 1.54) is 6.08 Å². The maximum absolute atomic E-state index is 12.4. The van der Waals surface area contributed by atoms with E-state index in [9.17, 15) is 14.7 Å². The number of carbonyl (C=O) groups is 2. The van der Waals surface area contributed by atoms with Crippen molar-refractivity contribution in [3.63, 3.8) is 0 Å². The molecule has 0 aliphatic carbocycles. The minimum Gasteiger partial charge on any atom is -0.477 e. The van der Waals surface area contributed by atoms with Gasteiger partial charge in [-0.25, -0.2) is 4.79 Å². The van der Waals surface area contributed by atoms with Crippen molar-refractivity contribution in [2.45, 2.75) is 26.2 Å². The van der Waals surface area contributed by atoms with Gasteiger partial charge in [-0.15, -0.1) is 0 Å². The predicted octanol–water partition coefficient (Wildman–Crippen LogP) is 3.57. The van der Waals surface area contributed by atoms with Crippen molar-refractivity contribution in [2.24, 2.45) is 0 Å². The number of carboxylic acid groups (broad SMARTS) is 1. The summed E-state index contributed by atoms with van der Waals surface area (Å²) < 4.78 is 10.5. The molecule has 0 unspecified atom stereocenters. The molecule has 3 rings (SSSR count). The molecule has 2 N–H and O–H groups in total. The van der Waals surface area contributed by atoms with E-state index in [1.807, 2.05) is 12.1 Å². The Labute approximate surface area is 157 Å². The number of amides is 1. The van der Waals surface area contributed by atoms with Gasteiger partial charge in [-0.1, -0.05) is 39.0 Å². The number of ether oxygens (including phenoxy) is 2. The second-order valence-electron chi connectivity index (χ2n) is 7.26. The van der Waals surface area contributed by atoms with Crippen molar-refractivity contribution in [1.29, 1.82) is 0 Å². The Morgan fingerprint density at radius 2 is 1.70 bits per heavy atom. The van der Waals surface area contributed by atoms with Crippen LogP contribution in [0.1, 0.15) is 42.3 Å². The number of fused-ring (bicyclic) bond motifs is 1. The molecule has 27 heavy (non-hydrogen) atoms. The molecule has 1 aliphatic rings. The summed E-state index contributed by atoms with van der Waals surface area (Å²) in [7, 11) is 0. The average Bonchev–Trinajstić information content (AvgIpc) is 3.08. The van der Waals surface area contributed by atoms with Gasteiger partial charge in [0.2, 0.25) is 6.79 Å². The predicted molar refractivity (Wildman–Crippen MR) is 101 cm³/mol. The van der Waals surface area contributed by atoms with Gasteiger partial charge in [-0.05, 0) is 46.9 Å². The Morgan fingerprint density at radius 1 is 1.04 bits per heavy atom. The lowest BCUT2D eigenvalue weighted by Crippen LogP contribution is -2.27. The van der Waals surface area contributed by atoms with E-state index in [2.05, 4.69) is 26.1 Å². The second-order valence-corrected chi connectivity index (χ2v) is 7.26. The molecule has 0 fully saturated rings. The summed E-state index contributed by atoms with van der Waals surface area (Å²) in [6, 6.07) is 12.2.